The van der Waals surface area contributed by atoms with Crippen LogP contribution in [0.2, 0.25) is 0 Å². The first-order valence-corrected chi connectivity index (χ1v) is 2.03. The lowest BCUT2D eigenvalue weighted by atomic mass is 10.3. The largest absolute Gasteiger partial charge is 0.486 e. The van der Waals surface area contributed by atoms with Gasteiger partial charge in [-0.15, -0.1) is 0 Å². The number of hydrogen-bond donors (Lipinski definition) is 0. The Kier molecular flexibility index (Phi) is 1.15. The second-order valence-electron chi connectivity index (χ2n) is 1.17. The van der Waals surface area contributed by atoms with Gasteiger partial charge in [-0.25, -0.2) is 0 Å². The minimum atomic E-state index is 0.941. The highest BCUT2D eigenvalue weighted by Crippen LogP contribution is 2.02. The van der Waals surface area contributed by atoms with Crippen LogP contribution in [0.3, 0.4) is 0 Å². The fourth-order valence-electron chi connectivity index (χ4n) is 0.365. The van der Waals surface area contributed by atoms with E-state index in [0.29, 0.717) is 0 Å². The van der Waals surface area contributed by atoms with Crippen LogP contribution in [0.4, 0.5) is 0 Å². The predicted molar refractivity (Wildman–Crippen MR) is 22.7 cm³/mol. The van der Waals surface area contributed by atoms with E-state index in [2.05, 4.69) is 11.3 Å². The quantitative estimate of drug-likeness (QED) is 0.428. The summed E-state index contributed by atoms with van der Waals surface area (Å²) in [5, 5.41) is 0. The van der Waals surface area contributed by atoms with Crippen molar-refractivity contribution in [2.75, 3.05) is 0 Å². The van der Waals surface area contributed by atoms with Crippen molar-refractivity contribution in [2.45, 2.75) is 12.8 Å². The molecule has 0 aromatic rings. The molecule has 2 radical (unpaired) electrons. The van der Waals surface area contributed by atoms with Crippen molar-refractivity contribution in [1.29, 1.82) is 0 Å². The Balaban J connectivity index is 2.26. The number of hydrogen-bond acceptors (Lipinski definition) is 1. The van der Waals surface area contributed by atoms with Gasteiger partial charge >= 0.3 is 0 Å². The molecule has 0 unspecified atom stereocenters. The number of allylic oxidation sites excluding steroid dienone is 1. The molecular formula is C5H6O. The maximum atomic E-state index is 4.64. The molecular weight excluding hydrogens is 76.1 g/mol. The smallest absolute Gasteiger partial charge is 0.195 e. The van der Waals surface area contributed by atoms with E-state index in [-0.39, 0.29) is 0 Å². The Morgan fingerprint density at radius 3 is 2.83 bits per heavy atom. The summed E-state index contributed by atoms with van der Waals surface area (Å²) in [6.45, 7) is 2.70. The predicted octanol–water partition coefficient (Wildman–Crippen LogP) is 1.35. The molecule has 0 amide bonds. The summed E-state index contributed by atoms with van der Waals surface area (Å²) in [6, 6.07) is 0. The summed E-state index contributed by atoms with van der Waals surface area (Å²) in [7, 11) is 0. The molecule has 0 aliphatic carbocycles. The van der Waals surface area contributed by atoms with Crippen LogP contribution in [0.25, 0.3) is 0 Å². The summed E-state index contributed by atoms with van der Waals surface area (Å²) in [4.78, 5) is 0. The highest BCUT2D eigenvalue weighted by atomic mass is 16.5. The molecule has 1 aliphatic rings. The monoisotopic (exact) mass is 82.0 g/mol. The summed E-state index contributed by atoms with van der Waals surface area (Å²) in [5.74, 6) is 0. The molecule has 0 fully saturated rings. The third-order valence-electron chi connectivity index (χ3n) is 0.661. The van der Waals surface area contributed by atoms with Gasteiger partial charge in [0.15, 0.2) is 6.61 Å². The maximum absolute atomic E-state index is 4.64. The zero-order valence-electron chi connectivity index (χ0n) is 3.48. The van der Waals surface area contributed by atoms with Crippen LogP contribution in [0, 0.1) is 6.61 Å². The minimum Gasteiger partial charge on any atom is -0.486 e. The van der Waals surface area contributed by atoms with Gasteiger partial charge in [-0.1, -0.05) is 0 Å². The fraction of sp³-hybridized carbons (Fsp3) is 0.400. The molecule has 0 saturated heterocycles. The average molecular weight is 82.1 g/mol. The van der Waals surface area contributed by atoms with Crippen molar-refractivity contribution in [3.63, 3.8) is 0 Å². The van der Waals surface area contributed by atoms with Gasteiger partial charge in [0.2, 0.25) is 0 Å². The Hall–Kier alpha value is -0.460. The van der Waals surface area contributed by atoms with Crippen molar-refractivity contribution in [2.24, 2.45) is 0 Å². The third-order valence-corrected chi connectivity index (χ3v) is 0.661. The highest BCUT2D eigenvalue weighted by Gasteiger charge is 1.89. The van der Waals surface area contributed by atoms with E-state index in [4.69, 9.17) is 0 Å². The van der Waals surface area contributed by atoms with E-state index in [1.54, 1.807) is 6.26 Å². The molecule has 0 spiro atoms. The van der Waals surface area contributed by atoms with Crippen molar-refractivity contribution < 1.29 is 4.74 Å². The molecule has 0 saturated carbocycles. The van der Waals surface area contributed by atoms with Crippen LogP contribution in [0.1, 0.15) is 12.8 Å². The van der Waals surface area contributed by atoms with Crippen molar-refractivity contribution in [1.82, 2.24) is 0 Å². The molecule has 0 N–H and O–H groups in total. The lowest BCUT2D eigenvalue weighted by Gasteiger charge is -1.99. The molecule has 1 nitrogen and oxygen atoms in total. The SMILES string of the molecule is [C]1CCC=CO1. The lowest BCUT2D eigenvalue weighted by molar-refractivity contribution is 0.306. The van der Waals surface area contributed by atoms with E-state index in [1.165, 1.54) is 0 Å². The Morgan fingerprint density at radius 2 is 2.67 bits per heavy atom. The topological polar surface area (TPSA) is 9.23 Å². The summed E-state index contributed by atoms with van der Waals surface area (Å²) in [5.41, 5.74) is 0. The Labute approximate surface area is 37.6 Å². The molecule has 32 valence electrons. The minimum absolute atomic E-state index is 0.941. The van der Waals surface area contributed by atoms with Crippen LogP contribution >= 0.6 is 0 Å². The average Bonchev–Trinajstić information content (AvgIpc) is 1.72. The molecule has 1 heterocycles. The van der Waals surface area contributed by atoms with Crippen LogP contribution in [-0.2, 0) is 4.74 Å². The summed E-state index contributed by atoms with van der Waals surface area (Å²) >= 11 is 0. The zero-order valence-corrected chi connectivity index (χ0v) is 3.48. The molecule has 0 aromatic carbocycles. The fourth-order valence-corrected chi connectivity index (χ4v) is 0.365. The number of rotatable bonds is 0. The van der Waals surface area contributed by atoms with Gasteiger partial charge < -0.3 is 4.74 Å². The molecule has 1 rings (SSSR count). The third kappa shape index (κ3) is 0.744. The molecule has 1 heteroatoms. The Morgan fingerprint density at radius 1 is 1.67 bits per heavy atom. The van der Waals surface area contributed by atoms with E-state index in [9.17, 15) is 0 Å². The lowest BCUT2D eigenvalue weighted by Crippen LogP contribution is -1.82. The van der Waals surface area contributed by atoms with Gasteiger partial charge in [-0.2, -0.15) is 0 Å². The normalized spacial score (nSPS) is 20.0. The van der Waals surface area contributed by atoms with Gasteiger partial charge in [-0.3, -0.25) is 0 Å². The molecule has 1 aliphatic heterocycles. The maximum Gasteiger partial charge on any atom is 0.195 e. The first-order valence-electron chi connectivity index (χ1n) is 2.03. The van der Waals surface area contributed by atoms with Crippen molar-refractivity contribution in [3.05, 3.63) is 18.9 Å². The van der Waals surface area contributed by atoms with Crippen molar-refractivity contribution >= 4 is 0 Å². The van der Waals surface area contributed by atoms with Crippen LogP contribution in [0.15, 0.2) is 12.3 Å². The van der Waals surface area contributed by atoms with Crippen LogP contribution in [-0.4, -0.2) is 0 Å². The van der Waals surface area contributed by atoms with Gasteiger partial charge in [0.05, 0.1) is 6.26 Å². The van der Waals surface area contributed by atoms with Crippen molar-refractivity contribution in [3.8, 4) is 0 Å². The zero-order chi connectivity index (χ0) is 4.24. The summed E-state index contributed by atoms with van der Waals surface area (Å²) < 4.78 is 4.64. The van der Waals surface area contributed by atoms with Crippen LogP contribution in [0.5, 0.6) is 0 Å². The first-order chi connectivity index (χ1) is 3.00. The van der Waals surface area contributed by atoms with Gasteiger partial charge in [0.1, 0.15) is 0 Å². The molecule has 0 aromatic heterocycles. The van der Waals surface area contributed by atoms with E-state index < -0.39 is 0 Å². The standard InChI is InChI=1S/C5H6O/c1-2-4-6-5-3-1/h2,4H,1,3H2. The van der Waals surface area contributed by atoms with Gasteiger partial charge in [-0.05, 0) is 18.9 Å². The van der Waals surface area contributed by atoms with Gasteiger partial charge in [0, 0.05) is 0 Å². The summed E-state index contributed by atoms with van der Waals surface area (Å²) in [6.07, 6.45) is 5.66. The molecule has 6 heavy (non-hydrogen) atoms. The number of ether oxygens (including phenoxy) is 1. The van der Waals surface area contributed by atoms with Gasteiger partial charge in [0.25, 0.3) is 0 Å². The second kappa shape index (κ2) is 1.85. The molecule has 0 atom stereocenters. The Bertz CT molecular complexity index is 49.0. The van der Waals surface area contributed by atoms with E-state index in [0.717, 1.165) is 12.8 Å². The highest BCUT2D eigenvalue weighted by molar-refractivity contribution is 4.80. The van der Waals surface area contributed by atoms with E-state index >= 15 is 0 Å². The van der Waals surface area contributed by atoms with Crippen LogP contribution < -0.4 is 0 Å². The first kappa shape index (κ1) is 3.72. The second-order valence-corrected chi connectivity index (χ2v) is 1.17. The molecule has 0 bridgehead atoms. The van der Waals surface area contributed by atoms with E-state index in [1.807, 2.05) is 6.08 Å².